The Labute approximate surface area is 245 Å². The molecule has 0 spiro atoms. The van der Waals surface area contributed by atoms with E-state index in [1.807, 2.05) is 56.3 Å². The Kier molecular flexibility index (Phi) is 8.38. The molecule has 0 radical (unpaired) electrons. The average Bonchev–Trinajstić information content (AvgIpc) is 3.42. The molecule has 1 aliphatic heterocycles. The zero-order valence-corrected chi connectivity index (χ0v) is 24.0. The van der Waals surface area contributed by atoms with Gasteiger partial charge in [0.25, 0.3) is 5.91 Å². The van der Waals surface area contributed by atoms with Gasteiger partial charge in [-0.3, -0.25) is 20.0 Å². The van der Waals surface area contributed by atoms with Crippen LogP contribution in [-0.4, -0.2) is 60.4 Å². The molecular formula is C33H34N6O3. The van der Waals surface area contributed by atoms with Gasteiger partial charge in [-0.25, -0.2) is 9.67 Å². The van der Waals surface area contributed by atoms with Crippen LogP contribution in [0.3, 0.4) is 0 Å². The van der Waals surface area contributed by atoms with Crippen LogP contribution in [0.25, 0.3) is 22.4 Å². The summed E-state index contributed by atoms with van der Waals surface area (Å²) in [5.74, 6) is -0.477. The molecule has 5 rings (SSSR count). The van der Waals surface area contributed by atoms with Gasteiger partial charge in [-0.2, -0.15) is 5.10 Å². The molecule has 42 heavy (non-hydrogen) atoms. The summed E-state index contributed by atoms with van der Waals surface area (Å²) in [7, 11) is 0. The Morgan fingerprint density at radius 2 is 1.71 bits per heavy atom. The molecule has 0 atom stereocenters. The minimum atomic E-state index is -0.309. The van der Waals surface area contributed by atoms with E-state index in [1.165, 1.54) is 16.9 Å². The molecule has 1 amide bonds. The lowest BCUT2D eigenvalue weighted by atomic mass is 9.85. The molecule has 1 aromatic carbocycles. The number of hydrogen-bond donors (Lipinski definition) is 2. The fourth-order valence-electron chi connectivity index (χ4n) is 5.50. The number of amides is 1. The molecule has 0 unspecified atom stereocenters. The van der Waals surface area contributed by atoms with E-state index in [9.17, 15) is 14.7 Å². The third kappa shape index (κ3) is 5.63. The number of piperidine rings is 1. The lowest BCUT2D eigenvalue weighted by Gasteiger charge is -2.33. The van der Waals surface area contributed by atoms with Crippen molar-refractivity contribution in [3.05, 3.63) is 95.7 Å². The molecule has 214 valence electrons. The Bertz CT molecular complexity index is 1650. The van der Waals surface area contributed by atoms with Gasteiger partial charge in [0.2, 0.25) is 0 Å². The molecule has 1 aliphatic rings. The number of aromatic hydroxyl groups is 1. The first-order valence-electron chi connectivity index (χ1n) is 14.1. The van der Waals surface area contributed by atoms with Gasteiger partial charge in [0.1, 0.15) is 5.75 Å². The molecule has 0 bridgehead atoms. The van der Waals surface area contributed by atoms with E-state index in [2.05, 4.69) is 15.1 Å². The number of nitrogens with one attached hydrogen (secondary N) is 1. The van der Waals surface area contributed by atoms with Crippen molar-refractivity contribution in [3.8, 4) is 28.1 Å². The van der Waals surface area contributed by atoms with Crippen molar-refractivity contribution in [2.45, 2.75) is 40.0 Å². The highest BCUT2D eigenvalue weighted by Gasteiger charge is 2.30. The van der Waals surface area contributed by atoms with Gasteiger partial charge >= 0.3 is 0 Å². The number of nitrogens with zero attached hydrogens (tertiary/aromatic N) is 5. The number of hydrogen-bond acceptors (Lipinski definition) is 7. The highest BCUT2D eigenvalue weighted by atomic mass is 16.3. The van der Waals surface area contributed by atoms with Crippen molar-refractivity contribution >= 4 is 17.5 Å². The van der Waals surface area contributed by atoms with E-state index in [-0.39, 0.29) is 41.3 Å². The second-order valence-electron chi connectivity index (χ2n) is 10.5. The summed E-state index contributed by atoms with van der Waals surface area (Å²) in [4.78, 5) is 36.5. The molecule has 2 N–H and O–H groups in total. The molecule has 9 nitrogen and oxygen atoms in total. The smallest absolute Gasteiger partial charge is 0.276 e. The van der Waals surface area contributed by atoms with E-state index < -0.39 is 0 Å². The first kappa shape index (κ1) is 28.6. The zero-order valence-electron chi connectivity index (χ0n) is 24.0. The van der Waals surface area contributed by atoms with Gasteiger partial charge < -0.3 is 10.0 Å². The van der Waals surface area contributed by atoms with Crippen LogP contribution in [-0.2, 0) is 4.79 Å². The number of carbonyl (C=O) groups excluding carboxylic acids is 2. The number of allylic oxidation sites excluding steroid dienone is 2. The maximum absolute atomic E-state index is 13.2. The van der Waals surface area contributed by atoms with Crippen LogP contribution in [0.1, 0.15) is 49.3 Å². The van der Waals surface area contributed by atoms with Crippen molar-refractivity contribution in [3.63, 3.8) is 0 Å². The van der Waals surface area contributed by atoms with Gasteiger partial charge in [-0.15, -0.1) is 0 Å². The Hall–Kier alpha value is -4.92. The summed E-state index contributed by atoms with van der Waals surface area (Å²) in [6.45, 7) is 6.53. The first-order valence-corrected chi connectivity index (χ1v) is 14.1. The lowest BCUT2D eigenvalue weighted by Crippen LogP contribution is -2.39. The monoisotopic (exact) mass is 562 g/mol. The van der Waals surface area contributed by atoms with Gasteiger partial charge in [-0.05, 0) is 50.8 Å². The standard InChI is InChI=1S/C33H34N6O3/c1-4-28(40)30(21(2)23-14-17-38(18-15-23)33(42)31-29(41)11-8-16-35-31)32(34)39-22(3)26(20-37-39)25-12-13-27(36-19-25)24-9-6-5-7-10-24/h5-13,16,19-20,23,34,41H,4,14-15,17-18H2,1-3H3/b30-21+,34-32?. The summed E-state index contributed by atoms with van der Waals surface area (Å²) in [6.07, 6.45) is 6.55. The molecule has 3 aromatic heterocycles. The number of aromatic nitrogens is 4. The van der Waals surface area contributed by atoms with Crippen LogP contribution >= 0.6 is 0 Å². The largest absolute Gasteiger partial charge is 0.505 e. The summed E-state index contributed by atoms with van der Waals surface area (Å²) in [5.41, 5.74) is 5.64. The van der Waals surface area contributed by atoms with Gasteiger partial charge in [-0.1, -0.05) is 48.9 Å². The molecular weight excluding hydrogens is 528 g/mol. The van der Waals surface area contributed by atoms with E-state index in [0.717, 1.165) is 33.7 Å². The second-order valence-corrected chi connectivity index (χ2v) is 10.5. The SMILES string of the molecule is CCC(=O)/C(C(=N)n1ncc(-c2ccc(-c3ccccc3)nc2)c1C)=C(/C)C1CCN(C(=O)c2ncccc2O)CC1. The molecule has 9 heteroatoms. The number of rotatable bonds is 7. The molecule has 1 saturated heterocycles. The van der Waals surface area contributed by atoms with Crippen molar-refractivity contribution in [2.24, 2.45) is 5.92 Å². The number of benzene rings is 1. The third-order valence-corrected chi connectivity index (χ3v) is 7.98. The summed E-state index contributed by atoms with van der Waals surface area (Å²) in [5, 5.41) is 23.6. The molecule has 0 saturated carbocycles. The summed E-state index contributed by atoms with van der Waals surface area (Å²) < 4.78 is 1.52. The number of Topliss-reactive ketones (excluding diaryl/α,β-unsaturated/α-hetero) is 1. The average molecular weight is 563 g/mol. The number of pyridine rings is 2. The topological polar surface area (TPSA) is 125 Å². The van der Waals surface area contributed by atoms with E-state index in [4.69, 9.17) is 5.41 Å². The van der Waals surface area contributed by atoms with Gasteiger partial charge in [0.05, 0.1) is 23.2 Å². The summed E-state index contributed by atoms with van der Waals surface area (Å²) >= 11 is 0. The van der Waals surface area contributed by atoms with Crippen molar-refractivity contribution in [1.29, 1.82) is 5.41 Å². The van der Waals surface area contributed by atoms with Crippen LogP contribution < -0.4 is 0 Å². The van der Waals surface area contributed by atoms with Crippen LogP contribution in [0.15, 0.2) is 84.3 Å². The molecule has 1 fully saturated rings. The molecule has 4 heterocycles. The lowest BCUT2D eigenvalue weighted by molar-refractivity contribution is -0.114. The molecule has 4 aromatic rings. The Morgan fingerprint density at radius 1 is 0.976 bits per heavy atom. The van der Waals surface area contributed by atoms with Crippen molar-refractivity contribution < 1.29 is 14.7 Å². The third-order valence-electron chi connectivity index (χ3n) is 7.98. The normalized spacial score (nSPS) is 14.4. The minimum absolute atomic E-state index is 0.0299. The predicted octanol–water partition coefficient (Wildman–Crippen LogP) is 5.69. The number of carbonyl (C=O) groups is 2. The van der Waals surface area contributed by atoms with Gasteiger partial charge in [0.15, 0.2) is 17.3 Å². The predicted molar refractivity (Wildman–Crippen MR) is 161 cm³/mol. The highest BCUT2D eigenvalue weighted by molar-refractivity contribution is 6.21. The fraction of sp³-hybridized carbons (Fsp3) is 0.273. The van der Waals surface area contributed by atoms with E-state index in [0.29, 0.717) is 31.5 Å². The van der Waals surface area contributed by atoms with E-state index in [1.54, 1.807) is 30.3 Å². The minimum Gasteiger partial charge on any atom is -0.505 e. The van der Waals surface area contributed by atoms with Crippen molar-refractivity contribution in [1.82, 2.24) is 24.6 Å². The van der Waals surface area contributed by atoms with Crippen molar-refractivity contribution in [2.75, 3.05) is 13.1 Å². The van der Waals surface area contributed by atoms with Crippen LogP contribution in [0.4, 0.5) is 0 Å². The number of ketones is 1. The van der Waals surface area contributed by atoms with Crippen LogP contribution in [0.5, 0.6) is 5.75 Å². The highest BCUT2D eigenvalue weighted by Crippen LogP contribution is 2.31. The quantitative estimate of drug-likeness (QED) is 0.169. The zero-order chi connectivity index (χ0) is 29.8. The Morgan fingerprint density at radius 3 is 2.36 bits per heavy atom. The Balaban J connectivity index is 1.36. The maximum Gasteiger partial charge on any atom is 0.276 e. The fourth-order valence-corrected chi connectivity index (χ4v) is 5.50. The van der Waals surface area contributed by atoms with Crippen LogP contribution in [0, 0.1) is 18.3 Å². The van der Waals surface area contributed by atoms with Gasteiger partial charge in [0, 0.05) is 48.6 Å². The molecule has 0 aliphatic carbocycles. The maximum atomic E-state index is 13.2. The first-order chi connectivity index (χ1) is 20.3. The summed E-state index contributed by atoms with van der Waals surface area (Å²) in [6, 6.07) is 16.9. The second kappa shape index (κ2) is 12.3. The number of likely N-dealkylation sites (tertiary alicyclic amines) is 1. The van der Waals surface area contributed by atoms with E-state index >= 15 is 0 Å². The van der Waals surface area contributed by atoms with Crippen LogP contribution in [0.2, 0.25) is 0 Å².